The van der Waals surface area contributed by atoms with Gasteiger partial charge in [-0.25, -0.2) is 13.2 Å². The second-order valence-corrected chi connectivity index (χ2v) is 10.3. The minimum atomic E-state index is -3.57. The van der Waals surface area contributed by atoms with Gasteiger partial charge in [-0.1, -0.05) is 25.0 Å². The summed E-state index contributed by atoms with van der Waals surface area (Å²) in [6, 6.07) is 0.919. The highest BCUT2D eigenvalue weighted by Gasteiger charge is 2.45. The molecule has 1 aromatic rings. The number of allylic oxidation sites excluding steroid dienone is 2. The summed E-state index contributed by atoms with van der Waals surface area (Å²) in [6.07, 6.45) is 8.86. The minimum Gasteiger partial charge on any atom is -0.432 e. The van der Waals surface area contributed by atoms with E-state index in [4.69, 9.17) is 4.74 Å². The summed E-state index contributed by atoms with van der Waals surface area (Å²) in [5, 5.41) is 0. The van der Waals surface area contributed by atoms with Crippen molar-refractivity contribution in [2.24, 2.45) is 23.7 Å². The van der Waals surface area contributed by atoms with Gasteiger partial charge in [0.05, 0.1) is 12.0 Å². The Hall–Kier alpha value is -1.63. The van der Waals surface area contributed by atoms with E-state index in [2.05, 4.69) is 17.7 Å². The van der Waals surface area contributed by atoms with E-state index in [0.29, 0.717) is 48.8 Å². The fourth-order valence-electron chi connectivity index (χ4n) is 6.05. The Morgan fingerprint density at radius 2 is 1.68 bits per heavy atom. The first-order valence-electron chi connectivity index (χ1n) is 12.8. The predicted molar refractivity (Wildman–Crippen MR) is 120 cm³/mol. The summed E-state index contributed by atoms with van der Waals surface area (Å²) >= 11 is 0. The number of hydrogen-bond acceptors (Lipinski definition) is 2. The van der Waals surface area contributed by atoms with Crippen molar-refractivity contribution in [3.63, 3.8) is 0 Å². The summed E-state index contributed by atoms with van der Waals surface area (Å²) in [5.41, 5.74) is 1.38. The zero-order chi connectivity index (χ0) is 24.3. The third kappa shape index (κ3) is 5.95. The lowest BCUT2D eigenvalue weighted by molar-refractivity contribution is -0.223. The number of rotatable bonds is 7. The average molecular weight is 487 g/mol. The van der Waals surface area contributed by atoms with Crippen LogP contribution in [0.4, 0.5) is 22.0 Å². The van der Waals surface area contributed by atoms with E-state index in [9.17, 15) is 22.0 Å². The van der Waals surface area contributed by atoms with Gasteiger partial charge < -0.3 is 9.47 Å². The standard InChI is InChI=1S/C27H35F5O2/c1-2-3-17-4-13-25(33-16-17)20-7-5-18(6-8-20)19-9-11-21(12-10-19)27(31,32)34-22-14-23(28)26(30)24(29)15-22/h5,14-15,17,19-21,25H,2-4,6-13,16H2,1H3. The maximum absolute atomic E-state index is 14.7. The fourth-order valence-corrected chi connectivity index (χ4v) is 6.05. The molecule has 190 valence electrons. The molecule has 7 heteroatoms. The topological polar surface area (TPSA) is 18.5 Å². The molecule has 0 aromatic heterocycles. The Balaban J connectivity index is 1.26. The Bertz CT molecular complexity index is 832. The summed E-state index contributed by atoms with van der Waals surface area (Å²) < 4.78 is 80.0. The molecule has 1 saturated carbocycles. The molecule has 1 aromatic carbocycles. The summed E-state index contributed by atoms with van der Waals surface area (Å²) in [4.78, 5) is 0. The van der Waals surface area contributed by atoms with Gasteiger partial charge in [0.15, 0.2) is 17.5 Å². The zero-order valence-electron chi connectivity index (χ0n) is 19.8. The molecule has 0 bridgehead atoms. The van der Waals surface area contributed by atoms with Crippen LogP contribution in [0.15, 0.2) is 23.8 Å². The number of halogens is 5. The fraction of sp³-hybridized carbons (Fsp3) is 0.704. The summed E-state index contributed by atoms with van der Waals surface area (Å²) in [6.45, 7) is 3.10. The van der Waals surface area contributed by atoms with E-state index in [-0.39, 0.29) is 12.8 Å². The van der Waals surface area contributed by atoms with Gasteiger partial charge in [-0.05, 0) is 82.0 Å². The summed E-state index contributed by atoms with van der Waals surface area (Å²) in [5.74, 6) is -4.97. The lowest BCUT2D eigenvalue weighted by Crippen LogP contribution is -2.37. The van der Waals surface area contributed by atoms with E-state index in [1.807, 2.05) is 0 Å². The largest absolute Gasteiger partial charge is 0.432 e. The molecular weight excluding hydrogens is 451 g/mol. The van der Waals surface area contributed by atoms with Crippen LogP contribution in [0.1, 0.15) is 77.6 Å². The van der Waals surface area contributed by atoms with Crippen molar-refractivity contribution in [2.75, 3.05) is 6.61 Å². The van der Waals surface area contributed by atoms with Crippen LogP contribution < -0.4 is 4.74 Å². The van der Waals surface area contributed by atoms with Crippen LogP contribution in [0.25, 0.3) is 0 Å². The molecule has 1 aliphatic heterocycles. The van der Waals surface area contributed by atoms with E-state index in [1.54, 1.807) is 0 Å². The highest BCUT2D eigenvalue weighted by Crippen LogP contribution is 2.45. The Morgan fingerprint density at radius 3 is 2.24 bits per heavy atom. The van der Waals surface area contributed by atoms with E-state index >= 15 is 0 Å². The molecule has 1 saturated heterocycles. The first-order valence-corrected chi connectivity index (χ1v) is 12.8. The van der Waals surface area contributed by atoms with Crippen molar-refractivity contribution in [2.45, 2.75) is 89.8 Å². The lowest BCUT2D eigenvalue weighted by atomic mass is 9.73. The second-order valence-electron chi connectivity index (χ2n) is 10.3. The molecule has 3 atom stereocenters. The van der Waals surface area contributed by atoms with Crippen LogP contribution in [0.5, 0.6) is 5.75 Å². The Kier molecular flexibility index (Phi) is 8.21. The SMILES string of the molecule is CCCC1CCC(C2CC=C(C3CCC(C(F)(F)Oc4cc(F)c(F)c(F)c4)CC3)CC2)OC1. The average Bonchev–Trinajstić information content (AvgIpc) is 2.83. The molecule has 4 rings (SSSR count). The van der Waals surface area contributed by atoms with E-state index in [1.165, 1.54) is 24.8 Å². The van der Waals surface area contributed by atoms with Crippen molar-refractivity contribution in [3.8, 4) is 5.75 Å². The molecule has 0 spiro atoms. The van der Waals surface area contributed by atoms with Gasteiger partial charge in [-0.2, -0.15) is 8.78 Å². The van der Waals surface area contributed by atoms with Crippen LogP contribution in [0.2, 0.25) is 0 Å². The number of alkyl halides is 2. The van der Waals surface area contributed by atoms with Crippen molar-refractivity contribution in [1.82, 2.24) is 0 Å². The normalized spacial score (nSPS) is 30.6. The van der Waals surface area contributed by atoms with Crippen molar-refractivity contribution >= 4 is 0 Å². The smallest absolute Gasteiger partial charge is 0.400 e. The molecule has 0 amide bonds. The van der Waals surface area contributed by atoms with Crippen LogP contribution in [-0.4, -0.2) is 18.8 Å². The number of hydrogen-bond donors (Lipinski definition) is 0. The minimum absolute atomic E-state index is 0.273. The molecule has 0 N–H and O–H groups in total. The highest BCUT2D eigenvalue weighted by atomic mass is 19.3. The van der Waals surface area contributed by atoms with Gasteiger partial charge in [0, 0.05) is 18.7 Å². The van der Waals surface area contributed by atoms with Crippen molar-refractivity contribution in [3.05, 3.63) is 41.2 Å². The quantitative estimate of drug-likeness (QED) is 0.220. The van der Waals surface area contributed by atoms with Crippen LogP contribution in [0, 0.1) is 41.1 Å². The molecule has 0 radical (unpaired) electrons. The maximum atomic E-state index is 14.7. The van der Waals surface area contributed by atoms with Crippen molar-refractivity contribution < 1.29 is 31.4 Å². The number of benzene rings is 1. The van der Waals surface area contributed by atoms with Gasteiger partial charge in [0.25, 0.3) is 0 Å². The Labute approximate surface area is 198 Å². The van der Waals surface area contributed by atoms with Crippen LogP contribution in [-0.2, 0) is 4.74 Å². The molecule has 3 aliphatic rings. The van der Waals surface area contributed by atoms with Gasteiger partial charge in [0.2, 0.25) is 0 Å². The first kappa shape index (κ1) is 25.5. The van der Waals surface area contributed by atoms with Gasteiger partial charge in [-0.3, -0.25) is 0 Å². The van der Waals surface area contributed by atoms with Crippen LogP contribution >= 0.6 is 0 Å². The van der Waals surface area contributed by atoms with Gasteiger partial charge in [-0.15, -0.1) is 0 Å². The highest BCUT2D eigenvalue weighted by molar-refractivity contribution is 5.25. The molecule has 2 nitrogen and oxygen atoms in total. The predicted octanol–water partition coefficient (Wildman–Crippen LogP) is 8.20. The second kappa shape index (κ2) is 11.0. The van der Waals surface area contributed by atoms with E-state index in [0.717, 1.165) is 32.3 Å². The molecule has 1 heterocycles. The van der Waals surface area contributed by atoms with Crippen molar-refractivity contribution in [1.29, 1.82) is 0 Å². The third-order valence-electron chi connectivity index (χ3n) is 8.05. The molecule has 34 heavy (non-hydrogen) atoms. The molecule has 2 fully saturated rings. The van der Waals surface area contributed by atoms with Gasteiger partial charge >= 0.3 is 6.11 Å². The molecule has 3 unspecified atom stereocenters. The summed E-state index contributed by atoms with van der Waals surface area (Å²) in [7, 11) is 0. The first-order chi connectivity index (χ1) is 16.3. The van der Waals surface area contributed by atoms with Crippen LogP contribution in [0.3, 0.4) is 0 Å². The van der Waals surface area contributed by atoms with Gasteiger partial charge in [0.1, 0.15) is 5.75 Å². The monoisotopic (exact) mass is 486 g/mol. The number of ether oxygens (including phenoxy) is 2. The third-order valence-corrected chi connectivity index (χ3v) is 8.05. The van der Waals surface area contributed by atoms with E-state index < -0.39 is 35.2 Å². The molecular formula is C27H35F5O2. The Morgan fingerprint density at radius 1 is 0.971 bits per heavy atom. The zero-order valence-corrected chi connectivity index (χ0v) is 19.8. The molecule has 2 aliphatic carbocycles. The maximum Gasteiger partial charge on any atom is 0.400 e. The lowest BCUT2D eigenvalue weighted by Gasteiger charge is -2.38.